The molecule has 106 valence electrons. The van der Waals surface area contributed by atoms with E-state index in [-0.39, 0.29) is 5.75 Å². The van der Waals surface area contributed by atoms with Crippen molar-refractivity contribution < 1.29 is 5.11 Å². The van der Waals surface area contributed by atoms with Gasteiger partial charge in [-0.2, -0.15) is 4.98 Å². The van der Waals surface area contributed by atoms with Gasteiger partial charge in [-0.15, -0.1) is 5.10 Å². The van der Waals surface area contributed by atoms with E-state index in [4.69, 9.17) is 0 Å². The Balaban J connectivity index is 1.83. The molecular weight excluding hydrogens is 256 g/mol. The standard InChI is InChI=1S/C13H18N6O/c1-8-6-19(7-9(2)15-8)13-16-12(17-18-13)10-3-11(20)5-14-4-10/h3-5,8-9,15,20H,6-7H2,1-2H3,(H,16,17,18). The Morgan fingerprint density at radius 3 is 2.70 bits per heavy atom. The third-order valence-electron chi connectivity index (χ3n) is 3.31. The van der Waals surface area contributed by atoms with E-state index >= 15 is 0 Å². The van der Waals surface area contributed by atoms with E-state index in [1.807, 2.05) is 0 Å². The number of piperazine rings is 1. The topological polar surface area (TPSA) is 90.0 Å². The second kappa shape index (κ2) is 5.09. The highest BCUT2D eigenvalue weighted by molar-refractivity contribution is 5.56. The van der Waals surface area contributed by atoms with Crippen molar-refractivity contribution >= 4 is 5.95 Å². The first-order valence-corrected chi connectivity index (χ1v) is 6.69. The average Bonchev–Trinajstić information content (AvgIpc) is 2.87. The molecule has 20 heavy (non-hydrogen) atoms. The minimum Gasteiger partial charge on any atom is -0.506 e. The average molecular weight is 274 g/mol. The summed E-state index contributed by atoms with van der Waals surface area (Å²) in [6, 6.07) is 2.42. The highest BCUT2D eigenvalue weighted by Gasteiger charge is 2.23. The molecule has 0 spiro atoms. The molecule has 2 aromatic heterocycles. The number of nitrogens with zero attached hydrogens (tertiary/aromatic N) is 4. The molecular formula is C13H18N6O. The second-order valence-corrected chi connectivity index (χ2v) is 5.29. The number of hydrogen-bond donors (Lipinski definition) is 3. The molecule has 1 aliphatic heterocycles. The lowest BCUT2D eigenvalue weighted by atomic mass is 10.1. The third-order valence-corrected chi connectivity index (χ3v) is 3.31. The quantitative estimate of drug-likeness (QED) is 0.749. The van der Waals surface area contributed by atoms with Gasteiger partial charge in [0, 0.05) is 36.9 Å². The Morgan fingerprint density at radius 2 is 2.00 bits per heavy atom. The number of rotatable bonds is 2. The summed E-state index contributed by atoms with van der Waals surface area (Å²) in [7, 11) is 0. The Bertz CT molecular complexity index is 588. The SMILES string of the molecule is CC1CN(c2n[nH]c(-c3cncc(O)c3)n2)CC(C)N1. The van der Waals surface area contributed by atoms with Crippen LogP contribution in [0.15, 0.2) is 18.5 Å². The maximum absolute atomic E-state index is 9.46. The van der Waals surface area contributed by atoms with Crippen molar-refractivity contribution in [3.8, 4) is 17.1 Å². The van der Waals surface area contributed by atoms with Crippen molar-refractivity contribution in [1.82, 2.24) is 25.5 Å². The molecule has 1 fully saturated rings. The van der Waals surface area contributed by atoms with E-state index in [0.29, 0.717) is 23.9 Å². The summed E-state index contributed by atoms with van der Waals surface area (Å²) < 4.78 is 0. The van der Waals surface area contributed by atoms with Crippen LogP contribution in [0, 0.1) is 0 Å². The molecule has 3 N–H and O–H groups in total. The monoisotopic (exact) mass is 274 g/mol. The van der Waals surface area contributed by atoms with Gasteiger partial charge in [0.25, 0.3) is 0 Å². The molecule has 1 saturated heterocycles. The Labute approximate surface area is 117 Å². The van der Waals surface area contributed by atoms with Crippen LogP contribution < -0.4 is 10.2 Å². The van der Waals surface area contributed by atoms with Gasteiger partial charge in [-0.05, 0) is 19.9 Å². The molecule has 2 unspecified atom stereocenters. The van der Waals surface area contributed by atoms with E-state index in [1.54, 1.807) is 12.3 Å². The lowest BCUT2D eigenvalue weighted by Crippen LogP contribution is -2.54. The van der Waals surface area contributed by atoms with E-state index in [0.717, 1.165) is 18.7 Å². The van der Waals surface area contributed by atoms with Crippen molar-refractivity contribution in [3.63, 3.8) is 0 Å². The summed E-state index contributed by atoms with van der Waals surface area (Å²) in [6.07, 6.45) is 3.04. The molecule has 7 heteroatoms. The zero-order chi connectivity index (χ0) is 14.1. The largest absolute Gasteiger partial charge is 0.506 e. The lowest BCUT2D eigenvalue weighted by Gasteiger charge is -2.35. The summed E-state index contributed by atoms with van der Waals surface area (Å²) in [5, 5.41) is 20.1. The van der Waals surface area contributed by atoms with Crippen molar-refractivity contribution in [2.75, 3.05) is 18.0 Å². The molecule has 0 aromatic carbocycles. The minimum absolute atomic E-state index is 0.116. The first kappa shape index (κ1) is 12.9. The summed E-state index contributed by atoms with van der Waals surface area (Å²) in [6.45, 7) is 6.05. The van der Waals surface area contributed by atoms with Crippen LogP contribution in [0.25, 0.3) is 11.4 Å². The van der Waals surface area contributed by atoms with Crippen LogP contribution in [0.1, 0.15) is 13.8 Å². The molecule has 2 aromatic rings. The molecule has 0 radical (unpaired) electrons. The molecule has 0 amide bonds. The molecule has 0 aliphatic carbocycles. The number of aromatic hydroxyl groups is 1. The number of nitrogens with one attached hydrogen (secondary N) is 2. The van der Waals surface area contributed by atoms with Crippen LogP contribution in [0.3, 0.4) is 0 Å². The Hall–Kier alpha value is -2.15. The third kappa shape index (κ3) is 2.57. The van der Waals surface area contributed by atoms with E-state index in [2.05, 4.69) is 44.2 Å². The fourth-order valence-electron chi connectivity index (χ4n) is 2.57. The van der Waals surface area contributed by atoms with E-state index in [1.165, 1.54) is 6.20 Å². The second-order valence-electron chi connectivity index (χ2n) is 5.29. The fourth-order valence-corrected chi connectivity index (χ4v) is 2.57. The fraction of sp³-hybridized carbons (Fsp3) is 0.462. The van der Waals surface area contributed by atoms with Gasteiger partial charge >= 0.3 is 0 Å². The van der Waals surface area contributed by atoms with E-state index in [9.17, 15) is 5.11 Å². The highest BCUT2D eigenvalue weighted by atomic mass is 16.3. The van der Waals surface area contributed by atoms with Crippen molar-refractivity contribution in [3.05, 3.63) is 18.5 Å². The van der Waals surface area contributed by atoms with E-state index < -0.39 is 0 Å². The van der Waals surface area contributed by atoms with Crippen LogP contribution >= 0.6 is 0 Å². The maximum Gasteiger partial charge on any atom is 0.245 e. The number of anilines is 1. The number of hydrogen-bond acceptors (Lipinski definition) is 6. The smallest absolute Gasteiger partial charge is 0.245 e. The Morgan fingerprint density at radius 1 is 1.25 bits per heavy atom. The molecule has 2 atom stereocenters. The minimum atomic E-state index is 0.116. The van der Waals surface area contributed by atoms with Crippen molar-refractivity contribution in [2.24, 2.45) is 0 Å². The molecule has 0 bridgehead atoms. The first-order valence-electron chi connectivity index (χ1n) is 6.69. The van der Waals surface area contributed by atoms with Gasteiger partial charge in [-0.1, -0.05) is 0 Å². The van der Waals surface area contributed by atoms with Crippen LogP contribution in [0.5, 0.6) is 5.75 Å². The number of aromatic amines is 1. The molecule has 7 nitrogen and oxygen atoms in total. The Kier molecular flexibility index (Phi) is 3.27. The summed E-state index contributed by atoms with van der Waals surface area (Å²) in [5.41, 5.74) is 0.722. The summed E-state index contributed by atoms with van der Waals surface area (Å²) in [5.74, 6) is 1.41. The number of aromatic nitrogens is 4. The highest BCUT2D eigenvalue weighted by Crippen LogP contribution is 2.21. The van der Waals surface area contributed by atoms with Gasteiger partial charge in [0.15, 0.2) is 5.82 Å². The van der Waals surface area contributed by atoms with Gasteiger partial charge < -0.3 is 15.3 Å². The normalized spacial score (nSPS) is 23.0. The molecule has 3 rings (SSSR count). The maximum atomic E-state index is 9.46. The first-order chi connectivity index (χ1) is 9.61. The van der Waals surface area contributed by atoms with Gasteiger partial charge in [0.1, 0.15) is 5.75 Å². The van der Waals surface area contributed by atoms with Crippen LogP contribution in [-0.4, -0.2) is 50.4 Å². The van der Waals surface area contributed by atoms with Crippen molar-refractivity contribution in [2.45, 2.75) is 25.9 Å². The lowest BCUT2D eigenvalue weighted by molar-refractivity contribution is 0.403. The predicted octanol–water partition coefficient (Wildman–Crippen LogP) is 0.759. The van der Waals surface area contributed by atoms with Gasteiger partial charge in [-0.3, -0.25) is 10.1 Å². The summed E-state index contributed by atoms with van der Waals surface area (Å²) >= 11 is 0. The van der Waals surface area contributed by atoms with Crippen LogP contribution in [0.2, 0.25) is 0 Å². The predicted molar refractivity (Wildman–Crippen MR) is 75.6 cm³/mol. The molecule has 1 aliphatic rings. The van der Waals surface area contributed by atoms with Gasteiger partial charge in [0.2, 0.25) is 5.95 Å². The zero-order valence-corrected chi connectivity index (χ0v) is 11.5. The van der Waals surface area contributed by atoms with Crippen molar-refractivity contribution in [1.29, 1.82) is 0 Å². The molecule has 0 saturated carbocycles. The number of H-pyrrole nitrogens is 1. The van der Waals surface area contributed by atoms with Crippen LogP contribution in [-0.2, 0) is 0 Å². The summed E-state index contributed by atoms with van der Waals surface area (Å²) in [4.78, 5) is 10.6. The zero-order valence-electron chi connectivity index (χ0n) is 11.5. The van der Waals surface area contributed by atoms with Gasteiger partial charge in [0.05, 0.1) is 6.20 Å². The molecule has 3 heterocycles. The van der Waals surface area contributed by atoms with Crippen LogP contribution in [0.4, 0.5) is 5.95 Å². The number of pyridine rings is 1. The van der Waals surface area contributed by atoms with Gasteiger partial charge in [-0.25, -0.2) is 0 Å².